The number of rotatable bonds is 7. The van der Waals surface area contributed by atoms with Crippen LogP contribution in [0, 0.1) is 17.2 Å². The summed E-state index contributed by atoms with van der Waals surface area (Å²) in [7, 11) is 1.89. The maximum absolute atomic E-state index is 13.9. The van der Waals surface area contributed by atoms with Gasteiger partial charge >= 0.3 is 5.97 Å². The van der Waals surface area contributed by atoms with Gasteiger partial charge in [-0.15, -0.1) is 0 Å². The number of hydrogen-bond acceptors (Lipinski definition) is 7. The second-order valence-electron chi connectivity index (χ2n) is 9.26. The summed E-state index contributed by atoms with van der Waals surface area (Å²) in [4.78, 5) is 26.3. The van der Waals surface area contributed by atoms with Crippen LogP contribution in [0.25, 0.3) is 11.1 Å². The molecule has 3 aliphatic rings. The van der Waals surface area contributed by atoms with E-state index in [2.05, 4.69) is 5.32 Å². The van der Waals surface area contributed by atoms with E-state index in [0.29, 0.717) is 51.4 Å². The highest BCUT2D eigenvalue weighted by Gasteiger charge is 2.49. The van der Waals surface area contributed by atoms with Crippen LogP contribution in [-0.4, -0.2) is 41.5 Å². The summed E-state index contributed by atoms with van der Waals surface area (Å²) < 4.78 is 5.58. The van der Waals surface area contributed by atoms with E-state index >= 15 is 0 Å². The van der Waals surface area contributed by atoms with Gasteiger partial charge in [-0.2, -0.15) is 5.26 Å². The van der Waals surface area contributed by atoms with Crippen molar-refractivity contribution in [3.63, 3.8) is 0 Å². The number of hydrogen-bond donors (Lipinski definition) is 2. The summed E-state index contributed by atoms with van der Waals surface area (Å²) >= 11 is 12.5. The van der Waals surface area contributed by atoms with Crippen LogP contribution in [0.3, 0.4) is 0 Å². The molecule has 2 aliphatic heterocycles. The molecule has 0 bridgehead atoms. The Bertz CT molecular complexity index is 1390. The lowest BCUT2D eigenvalue weighted by atomic mass is 9.95. The number of fused-ring (bicyclic) bond motifs is 1. The Morgan fingerprint density at radius 3 is 2.68 bits per heavy atom. The van der Waals surface area contributed by atoms with Crippen molar-refractivity contribution >= 4 is 46.2 Å². The van der Waals surface area contributed by atoms with Gasteiger partial charge in [0.2, 0.25) is 0 Å². The van der Waals surface area contributed by atoms with Crippen LogP contribution in [0.2, 0.25) is 10.0 Å². The summed E-state index contributed by atoms with van der Waals surface area (Å²) in [5.74, 6) is 0.454. The van der Waals surface area contributed by atoms with E-state index < -0.39 is 5.97 Å². The van der Waals surface area contributed by atoms with Crippen LogP contribution in [0.5, 0.6) is 5.75 Å². The Balaban J connectivity index is 1.56. The third-order valence-corrected chi connectivity index (χ3v) is 7.50. The van der Waals surface area contributed by atoms with Crippen molar-refractivity contribution in [3.8, 4) is 11.8 Å². The van der Waals surface area contributed by atoms with E-state index in [9.17, 15) is 14.9 Å². The fourth-order valence-corrected chi connectivity index (χ4v) is 5.16. The highest BCUT2D eigenvalue weighted by Crippen LogP contribution is 2.49. The van der Waals surface area contributed by atoms with Gasteiger partial charge in [0.05, 0.1) is 33.3 Å². The van der Waals surface area contributed by atoms with E-state index in [0.717, 1.165) is 24.0 Å². The monoisotopic (exact) mass is 537 g/mol. The standard InChI is InChI=1S/C27H25Cl2N5O3/c1-33-25(16-5-6-16)24(17-7-9-20(28)21(29)12-17)26-32-14-19(27(36)34(26)33)18-8-4-15(13-31)11-22(18)37-23(35)3-2-10-30/h4,7-9,11-12,14,16,25,32H,2-3,5-6,10,30H2,1H3. The molecule has 0 aromatic heterocycles. The van der Waals surface area contributed by atoms with Crippen LogP contribution >= 0.6 is 23.2 Å². The fraction of sp³-hybridized carbons (Fsp3) is 0.296. The summed E-state index contributed by atoms with van der Waals surface area (Å²) in [6.07, 6.45) is 4.35. The van der Waals surface area contributed by atoms with Crippen LogP contribution in [0.1, 0.15) is 42.4 Å². The molecule has 0 radical (unpaired) electrons. The number of ether oxygens (including phenoxy) is 1. The molecule has 5 rings (SSSR count). The van der Waals surface area contributed by atoms with Gasteiger partial charge < -0.3 is 15.8 Å². The number of carbonyl (C=O) groups is 2. The zero-order valence-corrected chi connectivity index (χ0v) is 21.6. The normalized spacial score (nSPS) is 19.3. The highest BCUT2D eigenvalue weighted by atomic mass is 35.5. The minimum atomic E-state index is -0.479. The van der Waals surface area contributed by atoms with Crippen molar-refractivity contribution in [2.45, 2.75) is 31.7 Å². The number of nitrogens with two attached hydrogens (primary N) is 1. The zero-order chi connectivity index (χ0) is 26.3. The van der Waals surface area contributed by atoms with Crippen molar-refractivity contribution in [1.82, 2.24) is 15.3 Å². The Hall–Kier alpha value is -3.35. The minimum Gasteiger partial charge on any atom is -0.426 e. The molecule has 0 saturated heterocycles. The van der Waals surface area contributed by atoms with Crippen LogP contribution < -0.4 is 15.8 Å². The summed E-state index contributed by atoms with van der Waals surface area (Å²) in [6.45, 7) is 0.355. The molecule has 2 aromatic carbocycles. The van der Waals surface area contributed by atoms with Crippen LogP contribution in [-0.2, 0) is 9.59 Å². The molecule has 190 valence electrons. The maximum atomic E-state index is 13.9. The van der Waals surface area contributed by atoms with E-state index in [-0.39, 0.29) is 24.1 Å². The second kappa shape index (κ2) is 10.2. The van der Waals surface area contributed by atoms with E-state index in [4.69, 9.17) is 33.7 Å². The molecule has 1 saturated carbocycles. The largest absolute Gasteiger partial charge is 0.426 e. The van der Waals surface area contributed by atoms with Gasteiger partial charge in [0.25, 0.3) is 5.91 Å². The lowest BCUT2D eigenvalue weighted by molar-refractivity contribution is -0.137. The first-order valence-electron chi connectivity index (χ1n) is 12.0. The van der Waals surface area contributed by atoms with Crippen molar-refractivity contribution in [3.05, 3.63) is 75.2 Å². The van der Waals surface area contributed by atoms with E-state index in [1.807, 2.05) is 30.3 Å². The summed E-state index contributed by atoms with van der Waals surface area (Å²) in [5.41, 5.74) is 8.41. The van der Waals surface area contributed by atoms with Gasteiger partial charge in [-0.3, -0.25) is 9.59 Å². The maximum Gasteiger partial charge on any atom is 0.311 e. The number of nitrogens with one attached hydrogen (secondary N) is 1. The smallest absolute Gasteiger partial charge is 0.311 e. The number of nitriles is 1. The summed E-state index contributed by atoms with van der Waals surface area (Å²) in [6, 6.07) is 12.2. The molecule has 0 spiro atoms. The van der Waals surface area contributed by atoms with Gasteiger partial charge in [-0.1, -0.05) is 29.3 Å². The van der Waals surface area contributed by atoms with E-state index in [1.165, 1.54) is 6.07 Å². The van der Waals surface area contributed by atoms with E-state index in [1.54, 1.807) is 29.4 Å². The second-order valence-corrected chi connectivity index (χ2v) is 10.1. The first kappa shape index (κ1) is 25.3. The lowest BCUT2D eigenvalue weighted by Crippen LogP contribution is -2.48. The lowest BCUT2D eigenvalue weighted by Gasteiger charge is -2.33. The Kier molecular flexibility index (Phi) is 6.97. The third kappa shape index (κ3) is 4.72. The summed E-state index contributed by atoms with van der Waals surface area (Å²) in [5, 5.41) is 17.2. The van der Waals surface area contributed by atoms with Gasteiger partial charge in [-0.05, 0) is 67.6 Å². The number of benzene rings is 2. The number of amides is 1. The number of hydrazine groups is 1. The van der Waals surface area contributed by atoms with Gasteiger partial charge in [0.15, 0.2) is 0 Å². The number of carbonyl (C=O) groups excluding carboxylic acids is 2. The molecule has 10 heteroatoms. The molecule has 1 fully saturated rings. The highest BCUT2D eigenvalue weighted by molar-refractivity contribution is 6.42. The quantitative estimate of drug-likeness (QED) is 0.400. The SMILES string of the molecule is CN1C(C2CC2)C(c2ccc(Cl)c(Cl)c2)=C2NC=C(c3ccc(C#N)cc3OC(=O)CCCN)C(=O)N21. The van der Waals surface area contributed by atoms with Gasteiger partial charge in [-0.25, -0.2) is 10.0 Å². The number of esters is 1. The Morgan fingerprint density at radius 1 is 1.22 bits per heavy atom. The number of nitrogens with zero attached hydrogens (tertiary/aromatic N) is 3. The molecule has 37 heavy (non-hydrogen) atoms. The molecule has 3 N–H and O–H groups in total. The molecule has 1 aliphatic carbocycles. The molecule has 1 amide bonds. The molecular formula is C27H25Cl2N5O3. The molecule has 1 unspecified atom stereocenters. The fourth-order valence-electron chi connectivity index (χ4n) is 4.86. The average Bonchev–Trinajstić information content (AvgIpc) is 3.68. The van der Waals surface area contributed by atoms with Crippen molar-refractivity contribution in [1.29, 1.82) is 5.26 Å². The Labute approximate surface area is 224 Å². The molecule has 8 nitrogen and oxygen atoms in total. The minimum absolute atomic E-state index is 0.0223. The zero-order valence-electron chi connectivity index (χ0n) is 20.1. The molecule has 1 atom stereocenters. The van der Waals surface area contributed by atoms with Gasteiger partial charge in [0, 0.05) is 30.8 Å². The first-order chi connectivity index (χ1) is 17.8. The predicted octanol–water partition coefficient (Wildman–Crippen LogP) is 4.29. The Morgan fingerprint density at radius 2 is 2.00 bits per heavy atom. The first-order valence-corrected chi connectivity index (χ1v) is 12.8. The molecular weight excluding hydrogens is 513 g/mol. The topological polar surface area (TPSA) is 112 Å². The van der Waals surface area contributed by atoms with Gasteiger partial charge in [0.1, 0.15) is 11.6 Å². The molecule has 2 aromatic rings. The van der Waals surface area contributed by atoms with Crippen molar-refractivity contribution in [2.24, 2.45) is 11.7 Å². The number of halogens is 2. The average molecular weight is 538 g/mol. The van der Waals surface area contributed by atoms with Crippen molar-refractivity contribution in [2.75, 3.05) is 13.6 Å². The molecule has 2 heterocycles. The van der Waals surface area contributed by atoms with Crippen LogP contribution in [0.4, 0.5) is 0 Å². The predicted molar refractivity (Wildman–Crippen MR) is 141 cm³/mol. The third-order valence-electron chi connectivity index (χ3n) is 6.77. The number of likely N-dealkylation sites (N-methyl/N-ethyl adjacent to an activating group) is 1. The van der Waals surface area contributed by atoms with Crippen LogP contribution in [0.15, 0.2) is 48.4 Å². The van der Waals surface area contributed by atoms with Crippen molar-refractivity contribution < 1.29 is 14.3 Å².